The monoisotopic (exact) mass is 552 g/mol. The van der Waals surface area contributed by atoms with Crippen LogP contribution in [0.25, 0.3) is 0 Å². The minimum Gasteiger partial charge on any atom is -0.497 e. The van der Waals surface area contributed by atoms with Gasteiger partial charge in [-0.1, -0.05) is 18.2 Å². The average molecular weight is 552 g/mol. The minimum absolute atomic E-state index is 0. The van der Waals surface area contributed by atoms with Gasteiger partial charge in [0.25, 0.3) is 0 Å². The summed E-state index contributed by atoms with van der Waals surface area (Å²) < 4.78 is 16.3. The molecule has 1 atom stereocenters. The first kappa shape index (κ1) is 24.4. The molecule has 2 heterocycles. The summed E-state index contributed by atoms with van der Waals surface area (Å²) in [5, 5.41) is 6.95. The largest absolute Gasteiger partial charge is 0.497 e. The van der Waals surface area contributed by atoms with Crippen LogP contribution in [-0.4, -0.2) is 58.0 Å². The van der Waals surface area contributed by atoms with Crippen molar-refractivity contribution < 1.29 is 14.2 Å². The highest BCUT2D eigenvalue weighted by molar-refractivity contribution is 14.0. The van der Waals surface area contributed by atoms with Crippen molar-refractivity contribution in [1.82, 2.24) is 15.5 Å². The van der Waals surface area contributed by atoms with Gasteiger partial charge >= 0.3 is 0 Å². The first-order valence-corrected chi connectivity index (χ1v) is 11.0. The molecule has 174 valence electrons. The molecule has 2 aliphatic heterocycles. The van der Waals surface area contributed by atoms with Crippen molar-refractivity contribution in [2.75, 3.05) is 47.1 Å². The van der Waals surface area contributed by atoms with Crippen molar-refractivity contribution in [3.63, 3.8) is 0 Å². The zero-order valence-electron chi connectivity index (χ0n) is 18.8. The van der Waals surface area contributed by atoms with E-state index in [9.17, 15) is 0 Å². The number of halogens is 1. The van der Waals surface area contributed by atoms with E-state index in [1.807, 2.05) is 25.2 Å². The molecule has 1 unspecified atom stereocenters. The smallest absolute Gasteiger partial charge is 0.231 e. The summed E-state index contributed by atoms with van der Waals surface area (Å²) in [6.45, 7) is 4.13. The van der Waals surface area contributed by atoms with E-state index in [-0.39, 0.29) is 30.0 Å². The third-order valence-corrected chi connectivity index (χ3v) is 5.89. The van der Waals surface area contributed by atoms with Gasteiger partial charge in [-0.15, -0.1) is 24.0 Å². The summed E-state index contributed by atoms with van der Waals surface area (Å²) in [6.07, 6.45) is 3.38. The Hall–Kier alpha value is -2.20. The summed E-state index contributed by atoms with van der Waals surface area (Å²) in [6, 6.07) is 14.8. The highest BCUT2D eigenvalue weighted by Crippen LogP contribution is 2.32. The van der Waals surface area contributed by atoms with Crippen LogP contribution in [0.5, 0.6) is 17.2 Å². The maximum atomic E-state index is 5.47. The molecular formula is C24H33IN4O3. The number of ether oxygens (including phenoxy) is 3. The molecule has 2 aromatic rings. The van der Waals surface area contributed by atoms with Gasteiger partial charge in [0.05, 0.1) is 13.2 Å². The van der Waals surface area contributed by atoms with Crippen LogP contribution in [0.3, 0.4) is 0 Å². The Morgan fingerprint density at radius 3 is 2.69 bits per heavy atom. The quantitative estimate of drug-likeness (QED) is 0.297. The number of fused-ring (bicyclic) bond motifs is 1. The lowest BCUT2D eigenvalue weighted by molar-refractivity contribution is 0.174. The number of rotatable bonds is 8. The molecule has 2 aromatic carbocycles. The molecular weight excluding hydrogens is 519 g/mol. The standard InChI is InChI=1S/C24H32N4O3.HI/c1-25-24(26-11-10-18-8-9-22-23(14-18)31-17-30-22)27-16-21(28-12-3-4-13-28)19-6-5-7-20(15-19)29-2;/h5-9,14-15,21H,3-4,10-13,16-17H2,1-2H3,(H2,25,26,27);1H. The Kier molecular flexibility index (Phi) is 9.28. The molecule has 32 heavy (non-hydrogen) atoms. The Morgan fingerprint density at radius 1 is 1.09 bits per heavy atom. The van der Waals surface area contributed by atoms with Crippen molar-refractivity contribution in [2.45, 2.75) is 25.3 Å². The number of benzene rings is 2. The molecule has 4 rings (SSSR count). The highest BCUT2D eigenvalue weighted by atomic mass is 127. The molecule has 2 N–H and O–H groups in total. The van der Waals surface area contributed by atoms with Crippen molar-refractivity contribution >= 4 is 29.9 Å². The first-order chi connectivity index (χ1) is 15.3. The van der Waals surface area contributed by atoms with Crippen LogP contribution in [-0.2, 0) is 6.42 Å². The molecule has 0 amide bonds. The zero-order valence-corrected chi connectivity index (χ0v) is 21.1. The lowest BCUT2D eigenvalue weighted by Crippen LogP contribution is -2.43. The van der Waals surface area contributed by atoms with E-state index in [2.05, 4.69) is 44.8 Å². The number of likely N-dealkylation sites (tertiary alicyclic amines) is 1. The molecule has 0 radical (unpaired) electrons. The Bertz CT molecular complexity index is 903. The predicted octanol–water partition coefficient (Wildman–Crippen LogP) is 3.59. The van der Waals surface area contributed by atoms with Gasteiger partial charge in [0.15, 0.2) is 17.5 Å². The fraction of sp³-hybridized carbons (Fsp3) is 0.458. The fourth-order valence-electron chi connectivity index (χ4n) is 4.20. The van der Waals surface area contributed by atoms with E-state index in [4.69, 9.17) is 14.2 Å². The predicted molar refractivity (Wildman–Crippen MR) is 138 cm³/mol. The van der Waals surface area contributed by atoms with Crippen molar-refractivity contribution in [3.05, 3.63) is 53.6 Å². The maximum absolute atomic E-state index is 5.47. The van der Waals surface area contributed by atoms with E-state index in [0.29, 0.717) is 6.79 Å². The van der Waals surface area contributed by atoms with Crippen LogP contribution in [0.4, 0.5) is 0 Å². The second-order valence-corrected chi connectivity index (χ2v) is 7.85. The number of hydrogen-bond acceptors (Lipinski definition) is 5. The number of methoxy groups -OCH3 is 1. The molecule has 8 heteroatoms. The summed E-state index contributed by atoms with van der Waals surface area (Å²) in [5.41, 5.74) is 2.48. The van der Waals surface area contributed by atoms with Gasteiger partial charge < -0.3 is 24.8 Å². The molecule has 0 aromatic heterocycles. The van der Waals surface area contributed by atoms with Gasteiger partial charge in [-0.3, -0.25) is 9.89 Å². The summed E-state index contributed by atoms with van der Waals surface area (Å²) in [5.74, 6) is 3.35. The highest BCUT2D eigenvalue weighted by Gasteiger charge is 2.24. The molecule has 2 aliphatic rings. The van der Waals surface area contributed by atoms with E-state index < -0.39 is 0 Å². The van der Waals surface area contributed by atoms with Crippen molar-refractivity contribution in [1.29, 1.82) is 0 Å². The third-order valence-electron chi connectivity index (χ3n) is 5.89. The second-order valence-electron chi connectivity index (χ2n) is 7.85. The lowest BCUT2D eigenvalue weighted by atomic mass is 10.1. The molecule has 0 saturated carbocycles. The maximum Gasteiger partial charge on any atom is 0.231 e. The number of guanidine groups is 1. The van der Waals surface area contributed by atoms with Gasteiger partial charge in [-0.05, 0) is 67.7 Å². The SMILES string of the molecule is CN=C(NCCc1ccc2c(c1)OCO2)NCC(c1cccc(OC)c1)N1CCCC1.I. The molecule has 0 aliphatic carbocycles. The Balaban J connectivity index is 0.00000289. The van der Waals surface area contributed by atoms with Crippen LogP contribution >= 0.6 is 24.0 Å². The molecule has 0 bridgehead atoms. The van der Waals surface area contributed by atoms with Gasteiger partial charge in [-0.2, -0.15) is 0 Å². The van der Waals surface area contributed by atoms with Crippen LogP contribution in [0, 0.1) is 0 Å². The zero-order chi connectivity index (χ0) is 21.5. The van der Waals surface area contributed by atoms with Crippen LogP contribution in [0.2, 0.25) is 0 Å². The number of nitrogens with zero attached hydrogens (tertiary/aromatic N) is 2. The summed E-state index contributed by atoms with van der Waals surface area (Å²) in [4.78, 5) is 6.95. The second kappa shape index (κ2) is 12.2. The van der Waals surface area contributed by atoms with Crippen LogP contribution in [0.1, 0.15) is 30.0 Å². The average Bonchev–Trinajstić information content (AvgIpc) is 3.50. The van der Waals surface area contributed by atoms with E-state index in [1.54, 1.807) is 7.11 Å². The topological polar surface area (TPSA) is 67.4 Å². The number of nitrogens with one attached hydrogen (secondary N) is 2. The fourth-order valence-corrected chi connectivity index (χ4v) is 4.20. The minimum atomic E-state index is 0. The molecule has 1 fully saturated rings. The van der Waals surface area contributed by atoms with Gasteiger partial charge in [0.2, 0.25) is 6.79 Å². The van der Waals surface area contributed by atoms with Crippen LogP contribution < -0.4 is 24.8 Å². The number of hydrogen-bond donors (Lipinski definition) is 2. The first-order valence-electron chi connectivity index (χ1n) is 11.0. The van der Waals surface area contributed by atoms with Gasteiger partial charge in [0, 0.05) is 20.1 Å². The molecule has 7 nitrogen and oxygen atoms in total. The van der Waals surface area contributed by atoms with Gasteiger partial charge in [-0.25, -0.2) is 0 Å². The van der Waals surface area contributed by atoms with Crippen molar-refractivity contribution in [2.24, 2.45) is 4.99 Å². The normalized spacial score (nSPS) is 16.4. The summed E-state index contributed by atoms with van der Waals surface area (Å²) in [7, 11) is 3.53. The lowest BCUT2D eigenvalue weighted by Gasteiger charge is -2.29. The third kappa shape index (κ3) is 6.19. The van der Waals surface area contributed by atoms with E-state index in [1.165, 1.54) is 24.0 Å². The number of aliphatic imine (C=N–C) groups is 1. The van der Waals surface area contributed by atoms with Crippen LogP contribution in [0.15, 0.2) is 47.5 Å². The molecule has 0 spiro atoms. The Labute approximate surface area is 207 Å². The van der Waals surface area contributed by atoms with Gasteiger partial charge in [0.1, 0.15) is 5.75 Å². The molecule has 1 saturated heterocycles. The van der Waals surface area contributed by atoms with E-state index >= 15 is 0 Å². The van der Waals surface area contributed by atoms with Crippen molar-refractivity contribution in [3.8, 4) is 17.2 Å². The summed E-state index contributed by atoms with van der Waals surface area (Å²) >= 11 is 0. The van der Waals surface area contributed by atoms with E-state index in [0.717, 1.165) is 55.8 Å². The Morgan fingerprint density at radius 2 is 1.91 bits per heavy atom.